The topological polar surface area (TPSA) is 90.5 Å². The molecule has 0 spiro atoms. The Bertz CT molecular complexity index is 1060. The summed E-state index contributed by atoms with van der Waals surface area (Å²) >= 11 is 0. The first-order valence-electron chi connectivity index (χ1n) is 9.20. The first-order chi connectivity index (χ1) is 14.0. The van der Waals surface area contributed by atoms with E-state index in [1.54, 1.807) is 49.4 Å². The smallest absolute Gasteiger partial charge is 0.111 e. The molecule has 150 valence electrons. The van der Waals surface area contributed by atoms with Crippen LogP contribution in [0.25, 0.3) is 0 Å². The fourth-order valence-electron chi connectivity index (χ4n) is 2.89. The Kier molecular flexibility index (Phi) is 8.69. The van der Waals surface area contributed by atoms with Gasteiger partial charge in [-0.15, -0.1) is 6.07 Å². The molecular formula is C24H20NO4U-. The number of carbonyl (C=O) groups excluding carboxylic acids is 1. The van der Waals surface area contributed by atoms with E-state index in [1.807, 2.05) is 12.1 Å². The van der Waals surface area contributed by atoms with Gasteiger partial charge in [0.15, 0.2) is 0 Å². The van der Waals surface area contributed by atoms with Crippen molar-refractivity contribution in [3.8, 4) is 17.6 Å². The van der Waals surface area contributed by atoms with Crippen LogP contribution in [-0.4, -0.2) is 16.0 Å². The second kappa shape index (κ2) is 11.0. The van der Waals surface area contributed by atoms with Crippen LogP contribution in [0.4, 0.5) is 0 Å². The van der Waals surface area contributed by atoms with Crippen LogP contribution in [0.15, 0.2) is 60.7 Å². The van der Waals surface area contributed by atoms with Crippen LogP contribution in [0, 0.1) is 48.5 Å². The van der Waals surface area contributed by atoms with Crippen LogP contribution < -0.4 is 4.74 Å². The summed E-state index contributed by atoms with van der Waals surface area (Å²) in [5.74, 6) is -0.0280. The van der Waals surface area contributed by atoms with Gasteiger partial charge in [-0.1, -0.05) is 55.0 Å². The molecule has 0 amide bonds. The Morgan fingerprint density at radius 1 is 1.13 bits per heavy atom. The van der Waals surface area contributed by atoms with Crippen LogP contribution >= 0.6 is 0 Å². The Labute approximate surface area is 199 Å². The van der Waals surface area contributed by atoms with Gasteiger partial charge in [-0.2, -0.15) is 11.3 Å². The number of nitrogens with zero attached hydrogens (tertiary/aromatic N) is 1. The summed E-state index contributed by atoms with van der Waals surface area (Å²) in [7, 11) is 0. The molecule has 0 aliphatic rings. The van der Waals surface area contributed by atoms with Crippen LogP contribution in [-0.2, 0) is 6.61 Å². The Morgan fingerprint density at radius 3 is 2.50 bits per heavy atom. The van der Waals surface area contributed by atoms with E-state index in [-0.39, 0.29) is 54.8 Å². The molecular weight excluding hydrogens is 604 g/mol. The molecule has 0 fully saturated rings. The molecule has 5 nitrogen and oxygen atoms in total. The average molecular weight is 624 g/mol. The number of aliphatic hydroxyl groups excluding tert-OH is 1. The molecule has 3 aromatic rings. The molecule has 0 aromatic heterocycles. The summed E-state index contributed by atoms with van der Waals surface area (Å²) in [6, 6.07) is 22.0. The van der Waals surface area contributed by atoms with Crippen molar-refractivity contribution in [3.63, 3.8) is 0 Å². The minimum atomic E-state index is -0.827. The fraction of sp³-hybridized carbons (Fsp3) is 0.167. The van der Waals surface area contributed by atoms with E-state index < -0.39 is 6.10 Å². The normalized spacial score (nSPS) is 11.1. The number of hydrogen-bond acceptors (Lipinski definition) is 5. The molecule has 0 heterocycles. The maximum atomic E-state index is 11.7. The predicted molar refractivity (Wildman–Crippen MR) is 108 cm³/mol. The standard InChI is InChI=1S/C24H20NO4.U/c1-2-22(26)21-11-10-20(13-23(21)27)29-15-16-6-8-18(9-7-16)24(28)19-5-3-4-17(12-19)14-25;/h3-12,24,27-28H,2,15H2,1H3;/q-1;. The quantitative estimate of drug-likeness (QED) is 0.302. The van der Waals surface area contributed by atoms with Crippen molar-refractivity contribution in [2.75, 3.05) is 0 Å². The number of Topliss-reactive ketones (excluding diaryl/α,β-unsaturated/α-hetero) is 1. The van der Waals surface area contributed by atoms with Crippen molar-refractivity contribution < 1.29 is 50.9 Å². The molecule has 0 bridgehead atoms. The molecule has 0 aliphatic carbocycles. The predicted octanol–water partition coefficient (Wildman–Crippen LogP) is 4.32. The minimum Gasteiger partial charge on any atom is -0.533 e. The molecule has 0 saturated heterocycles. The maximum Gasteiger partial charge on any atom is 0.111 e. The molecule has 1 unspecified atom stereocenters. The van der Waals surface area contributed by atoms with Crippen LogP contribution in [0.1, 0.15) is 52.1 Å². The van der Waals surface area contributed by atoms with Crippen LogP contribution in [0.2, 0.25) is 0 Å². The van der Waals surface area contributed by atoms with Crippen LogP contribution in [0.3, 0.4) is 0 Å². The number of hydrogen-bond donors (Lipinski definition) is 2. The zero-order chi connectivity index (χ0) is 20.8. The second-order valence-electron chi connectivity index (χ2n) is 6.53. The third-order valence-electron chi connectivity index (χ3n) is 4.54. The molecule has 0 radical (unpaired) electrons. The molecule has 2 N–H and O–H groups in total. The molecule has 3 aromatic carbocycles. The van der Waals surface area contributed by atoms with Crippen molar-refractivity contribution in [1.29, 1.82) is 5.26 Å². The van der Waals surface area contributed by atoms with Gasteiger partial charge in [0.2, 0.25) is 0 Å². The third kappa shape index (κ3) is 5.74. The number of phenolic OH excluding ortho intramolecular Hbond substituents is 1. The van der Waals surface area contributed by atoms with Crippen molar-refractivity contribution >= 4 is 5.78 Å². The summed E-state index contributed by atoms with van der Waals surface area (Å²) in [6.45, 7) is 1.98. The molecule has 0 aliphatic heterocycles. The zero-order valence-electron chi connectivity index (χ0n) is 16.4. The largest absolute Gasteiger partial charge is 0.533 e. The SMILES string of the molecule is CCC(=O)c1ccc(OCc2ccc(C(O)c3cccc(C#N)c3)cc2)[c-]c1O.[U]. The molecule has 1 atom stereocenters. The van der Waals surface area contributed by atoms with E-state index in [1.165, 1.54) is 6.07 Å². The van der Waals surface area contributed by atoms with Gasteiger partial charge >= 0.3 is 0 Å². The second-order valence-corrected chi connectivity index (χ2v) is 6.53. The zero-order valence-corrected chi connectivity index (χ0v) is 20.6. The monoisotopic (exact) mass is 624 g/mol. The fourth-order valence-corrected chi connectivity index (χ4v) is 2.89. The number of rotatable bonds is 7. The van der Waals surface area contributed by atoms with Crippen molar-refractivity contribution in [2.45, 2.75) is 26.1 Å². The number of carbonyl (C=O) groups is 1. The van der Waals surface area contributed by atoms with E-state index in [4.69, 9.17) is 10.00 Å². The number of nitriles is 1. The molecule has 3 rings (SSSR count). The maximum absolute atomic E-state index is 11.7. The number of aromatic hydroxyl groups is 1. The van der Waals surface area contributed by atoms with E-state index in [2.05, 4.69) is 12.1 Å². The first kappa shape index (κ1) is 23.7. The number of ketones is 1. The number of aliphatic hydroxyl groups is 1. The van der Waals surface area contributed by atoms with Gasteiger partial charge in [0, 0.05) is 42.6 Å². The Morgan fingerprint density at radius 2 is 1.87 bits per heavy atom. The summed E-state index contributed by atoms with van der Waals surface area (Å²) in [4.78, 5) is 11.7. The van der Waals surface area contributed by atoms with Gasteiger partial charge in [-0.3, -0.25) is 0 Å². The van der Waals surface area contributed by atoms with Gasteiger partial charge < -0.3 is 19.7 Å². The summed E-state index contributed by atoms with van der Waals surface area (Å²) < 4.78 is 5.63. The number of ether oxygens (including phenoxy) is 1. The van der Waals surface area contributed by atoms with Gasteiger partial charge in [0.25, 0.3) is 0 Å². The van der Waals surface area contributed by atoms with E-state index in [0.29, 0.717) is 28.9 Å². The van der Waals surface area contributed by atoms with E-state index in [9.17, 15) is 15.0 Å². The van der Waals surface area contributed by atoms with Crippen molar-refractivity contribution in [1.82, 2.24) is 0 Å². The van der Waals surface area contributed by atoms with Crippen LogP contribution in [0.5, 0.6) is 11.5 Å². The molecule has 30 heavy (non-hydrogen) atoms. The Balaban J connectivity index is 0.00000320. The Hall–Kier alpha value is -2.57. The number of benzene rings is 3. The first-order valence-corrected chi connectivity index (χ1v) is 9.20. The third-order valence-corrected chi connectivity index (χ3v) is 4.54. The summed E-state index contributed by atoms with van der Waals surface area (Å²) in [6.07, 6.45) is -0.521. The van der Waals surface area contributed by atoms with Crippen molar-refractivity contribution in [3.05, 3.63) is 94.5 Å². The van der Waals surface area contributed by atoms with E-state index in [0.717, 1.165) is 5.56 Å². The van der Waals surface area contributed by atoms with Gasteiger partial charge in [-0.25, -0.2) is 0 Å². The minimum absolute atomic E-state index is 0. The molecule has 0 saturated carbocycles. The summed E-state index contributed by atoms with van der Waals surface area (Å²) in [5, 5.41) is 29.5. The number of phenols is 1. The van der Waals surface area contributed by atoms with Gasteiger partial charge in [-0.05, 0) is 35.2 Å². The van der Waals surface area contributed by atoms with Gasteiger partial charge in [0.1, 0.15) is 18.5 Å². The van der Waals surface area contributed by atoms with Gasteiger partial charge in [0.05, 0.1) is 11.6 Å². The van der Waals surface area contributed by atoms with E-state index >= 15 is 0 Å². The molecule has 6 heteroatoms. The van der Waals surface area contributed by atoms with Crippen molar-refractivity contribution in [2.24, 2.45) is 0 Å². The summed E-state index contributed by atoms with van der Waals surface area (Å²) in [5.41, 5.74) is 2.96. The average Bonchev–Trinajstić information content (AvgIpc) is 2.77.